The summed E-state index contributed by atoms with van der Waals surface area (Å²) in [5.41, 5.74) is 21.0. The maximum atomic E-state index is 3.65. The van der Waals surface area contributed by atoms with E-state index in [0.29, 0.717) is 0 Å². The van der Waals surface area contributed by atoms with Crippen LogP contribution in [0, 0.1) is 5.92 Å². The fourth-order valence-electron chi connectivity index (χ4n) is 9.77. The second kappa shape index (κ2) is 18.8. The number of hydrogen-bond donors (Lipinski definition) is 1. The average Bonchev–Trinajstić information content (AvgIpc) is 3.69. The molecule has 10 rings (SSSR count). The summed E-state index contributed by atoms with van der Waals surface area (Å²) >= 11 is 0. The fourth-order valence-corrected chi connectivity index (χ4v) is 9.77. The molecule has 0 atom stereocenters. The van der Waals surface area contributed by atoms with E-state index in [4.69, 9.17) is 0 Å². The highest BCUT2D eigenvalue weighted by Crippen LogP contribution is 2.54. The van der Waals surface area contributed by atoms with Crippen molar-refractivity contribution in [3.05, 3.63) is 281 Å². The third-order valence-electron chi connectivity index (χ3n) is 12.6. The Morgan fingerprint density at radius 2 is 1.05 bits per heavy atom. The van der Waals surface area contributed by atoms with E-state index in [0.717, 1.165) is 31.6 Å². The van der Waals surface area contributed by atoms with Crippen LogP contribution < -0.4 is 5.32 Å². The average molecular weight is 825 g/mol. The maximum Gasteiger partial charge on any atom is 0.0616 e. The van der Waals surface area contributed by atoms with Crippen LogP contribution >= 0.6 is 0 Å². The molecule has 1 N–H and O–H groups in total. The Kier molecular flexibility index (Phi) is 11.9. The molecular formula is C62H52N2. The molecule has 0 unspecified atom stereocenters. The molecule has 0 saturated heterocycles. The molecule has 0 spiro atoms. The van der Waals surface area contributed by atoms with Crippen LogP contribution in [0.2, 0.25) is 0 Å². The molecule has 3 aliphatic carbocycles. The van der Waals surface area contributed by atoms with Gasteiger partial charge < -0.3 is 9.88 Å². The molecule has 3 aliphatic rings. The van der Waals surface area contributed by atoms with Gasteiger partial charge in [-0.3, -0.25) is 0 Å². The van der Waals surface area contributed by atoms with E-state index in [1.165, 1.54) is 89.3 Å². The first-order valence-corrected chi connectivity index (χ1v) is 22.7. The molecule has 0 radical (unpaired) electrons. The summed E-state index contributed by atoms with van der Waals surface area (Å²) < 4.78 is 2.61. The van der Waals surface area contributed by atoms with Gasteiger partial charge >= 0.3 is 0 Å². The zero-order chi connectivity index (χ0) is 43.1. The lowest BCUT2D eigenvalue weighted by molar-refractivity contribution is 0.725. The van der Waals surface area contributed by atoms with Gasteiger partial charge in [0.05, 0.1) is 11.4 Å². The molecule has 1 heterocycles. The van der Waals surface area contributed by atoms with Gasteiger partial charge in [-0.15, -0.1) is 0 Å². The predicted molar refractivity (Wildman–Crippen MR) is 272 cm³/mol. The van der Waals surface area contributed by atoms with Gasteiger partial charge in [0.2, 0.25) is 0 Å². The van der Waals surface area contributed by atoms with Crippen molar-refractivity contribution in [1.29, 1.82) is 0 Å². The smallest absolute Gasteiger partial charge is 0.0616 e. The summed E-state index contributed by atoms with van der Waals surface area (Å²) in [5.74, 6) is 0.0410. The number of fused-ring (bicyclic) bond motifs is 1. The molecule has 0 saturated carbocycles. The van der Waals surface area contributed by atoms with Crippen molar-refractivity contribution in [2.24, 2.45) is 5.92 Å². The molecule has 0 bridgehead atoms. The van der Waals surface area contributed by atoms with Crippen LogP contribution in [-0.4, -0.2) is 11.1 Å². The van der Waals surface area contributed by atoms with Gasteiger partial charge in [0.15, 0.2) is 0 Å². The third-order valence-corrected chi connectivity index (χ3v) is 12.6. The quantitative estimate of drug-likeness (QED) is 0.137. The van der Waals surface area contributed by atoms with Gasteiger partial charge in [0.25, 0.3) is 0 Å². The second-order valence-electron chi connectivity index (χ2n) is 16.6. The summed E-state index contributed by atoms with van der Waals surface area (Å²) in [5, 5.41) is 3.65. The van der Waals surface area contributed by atoms with Crippen molar-refractivity contribution in [1.82, 2.24) is 9.88 Å². The molecule has 1 aromatic heterocycles. The number of benzene rings is 6. The molecule has 2 nitrogen and oxygen atoms in total. The highest BCUT2D eigenvalue weighted by atomic mass is 15.0. The van der Waals surface area contributed by atoms with Crippen LogP contribution in [0.1, 0.15) is 52.3 Å². The van der Waals surface area contributed by atoms with Crippen molar-refractivity contribution in [2.45, 2.75) is 26.3 Å². The van der Waals surface area contributed by atoms with Crippen LogP contribution in [0.3, 0.4) is 0 Å². The minimum absolute atomic E-state index is 0.0410. The van der Waals surface area contributed by atoms with E-state index in [2.05, 4.69) is 254 Å². The maximum absolute atomic E-state index is 3.65. The van der Waals surface area contributed by atoms with Crippen LogP contribution in [-0.2, 0) is 13.0 Å². The third kappa shape index (κ3) is 8.01. The van der Waals surface area contributed by atoms with E-state index in [-0.39, 0.29) is 5.92 Å². The second-order valence-corrected chi connectivity index (χ2v) is 16.6. The lowest BCUT2D eigenvalue weighted by Gasteiger charge is -2.25. The first-order chi connectivity index (χ1) is 31.8. The molecule has 6 aromatic carbocycles. The zero-order valence-corrected chi connectivity index (χ0v) is 36.4. The van der Waals surface area contributed by atoms with Gasteiger partial charge in [0.1, 0.15) is 0 Å². The molecular weight excluding hydrogens is 773 g/mol. The topological polar surface area (TPSA) is 17.0 Å². The molecule has 0 aliphatic heterocycles. The van der Waals surface area contributed by atoms with E-state index in [9.17, 15) is 0 Å². The van der Waals surface area contributed by atoms with Crippen LogP contribution in [0.4, 0.5) is 0 Å². The Hall–Kier alpha value is -7.52. The van der Waals surface area contributed by atoms with E-state index < -0.39 is 0 Å². The van der Waals surface area contributed by atoms with Crippen LogP contribution in [0.5, 0.6) is 0 Å². The van der Waals surface area contributed by atoms with Gasteiger partial charge in [0, 0.05) is 23.7 Å². The Morgan fingerprint density at radius 3 is 1.64 bits per heavy atom. The Bertz CT molecular complexity index is 3010. The van der Waals surface area contributed by atoms with Crippen LogP contribution in [0.25, 0.3) is 50.5 Å². The highest BCUT2D eigenvalue weighted by molar-refractivity contribution is 6.21. The van der Waals surface area contributed by atoms with E-state index in [1.807, 2.05) is 0 Å². The Morgan fingerprint density at radius 1 is 0.516 bits per heavy atom. The first-order valence-electron chi connectivity index (χ1n) is 22.7. The van der Waals surface area contributed by atoms with Crippen molar-refractivity contribution in [2.75, 3.05) is 6.54 Å². The summed E-state index contributed by atoms with van der Waals surface area (Å²) in [7, 11) is 0. The number of nitrogens with one attached hydrogen (secondary N) is 1. The Balaban J connectivity index is 1.42. The van der Waals surface area contributed by atoms with Crippen molar-refractivity contribution in [3.8, 4) is 28.2 Å². The molecule has 0 fully saturated rings. The molecule has 7 aromatic rings. The monoisotopic (exact) mass is 824 g/mol. The van der Waals surface area contributed by atoms with Gasteiger partial charge in [-0.25, -0.2) is 0 Å². The van der Waals surface area contributed by atoms with Gasteiger partial charge in [-0.05, 0) is 104 Å². The van der Waals surface area contributed by atoms with Crippen molar-refractivity contribution in [3.63, 3.8) is 0 Å². The van der Waals surface area contributed by atoms with Gasteiger partial charge in [-0.2, -0.15) is 0 Å². The molecule has 2 heteroatoms. The summed E-state index contributed by atoms with van der Waals surface area (Å²) in [6, 6.07) is 62.8. The number of hydrogen-bond acceptors (Lipinski definition) is 1. The minimum atomic E-state index is 0.0410. The van der Waals surface area contributed by atoms with Crippen molar-refractivity contribution >= 4 is 22.3 Å². The fraction of sp³-hybridized carbons (Fsp3) is 0.0968. The number of rotatable bonds is 11. The summed E-state index contributed by atoms with van der Waals surface area (Å²) in [6.45, 7) is 3.88. The lowest BCUT2D eigenvalue weighted by atomic mass is 9.80. The number of aromatic nitrogens is 1. The van der Waals surface area contributed by atoms with Gasteiger partial charge in [-0.1, -0.05) is 231 Å². The summed E-state index contributed by atoms with van der Waals surface area (Å²) in [6.07, 6.45) is 26.1. The minimum Gasteiger partial charge on any atom is -0.313 e. The largest absolute Gasteiger partial charge is 0.313 e. The van der Waals surface area contributed by atoms with Crippen LogP contribution in [0.15, 0.2) is 242 Å². The SMILES string of the molecule is CCNCc1ccc(-n2c(-c3ccccc3)c3c(c2-c2ccccc2)C(c2ccccc2)=C(c2ccccc2)C(c2ccccc2)=C(C2C=CC=CC=C2)C3)cc1C1=CC=CC=CC1. The Labute approximate surface area is 378 Å². The summed E-state index contributed by atoms with van der Waals surface area (Å²) in [4.78, 5) is 0. The first kappa shape index (κ1) is 40.5. The zero-order valence-electron chi connectivity index (χ0n) is 36.4. The lowest BCUT2D eigenvalue weighted by Crippen LogP contribution is -2.14. The number of allylic oxidation sites excluding steroid dienone is 15. The predicted octanol–water partition coefficient (Wildman–Crippen LogP) is 15.1. The standard InChI is InChI=1S/C62H52N2/c1-2-63-44-52-40-41-53(42-54(52)45-26-12-3-4-13-27-45)64-61(50-36-22-10-23-37-50)56-43-55(46-28-14-5-6-15-29-46)57(47-30-16-7-17-31-47)58(48-32-18-8-19-33-48)59(49-34-20-9-21-35-49)60(56)62(64)51-38-24-11-25-39-51/h3-26,28-42,46,63H,2,27,43-44H2,1H3. The van der Waals surface area contributed by atoms with E-state index in [1.54, 1.807) is 0 Å². The van der Waals surface area contributed by atoms with Crippen molar-refractivity contribution < 1.29 is 0 Å². The normalized spacial score (nSPS) is 14.9. The molecule has 0 amide bonds. The highest BCUT2D eigenvalue weighted by Gasteiger charge is 2.36. The number of nitrogens with zero attached hydrogens (tertiary/aromatic N) is 1. The van der Waals surface area contributed by atoms with E-state index >= 15 is 0 Å². The molecule has 64 heavy (non-hydrogen) atoms. The molecule has 310 valence electrons.